The molecule has 0 bridgehead atoms. The number of aromatic nitrogens is 1. The molecule has 1 heterocycles. The lowest BCUT2D eigenvalue weighted by Crippen LogP contribution is -2.06. The average Bonchev–Trinajstić information content (AvgIpc) is 2.88. The van der Waals surface area contributed by atoms with Crippen LogP contribution in [0.15, 0.2) is 42.5 Å². The normalized spacial score (nSPS) is 12.5. The van der Waals surface area contributed by atoms with Gasteiger partial charge in [0.2, 0.25) is 0 Å². The number of nitrogens with two attached hydrogens (primary N) is 1. The van der Waals surface area contributed by atoms with E-state index in [0.717, 1.165) is 20.8 Å². The molecule has 2 N–H and O–H groups in total. The molecule has 5 heteroatoms. The van der Waals surface area contributed by atoms with Crippen LogP contribution in [0.1, 0.15) is 23.5 Å². The molecule has 3 aromatic rings. The lowest BCUT2D eigenvalue weighted by molar-refractivity contribution is 0.289. The molecular formula is C16H15FN2OS. The van der Waals surface area contributed by atoms with Crippen LogP contribution in [-0.2, 0) is 6.61 Å². The summed E-state index contributed by atoms with van der Waals surface area (Å²) < 4.78 is 20.5. The van der Waals surface area contributed by atoms with Crippen molar-refractivity contribution in [2.24, 2.45) is 5.73 Å². The fourth-order valence-electron chi connectivity index (χ4n) is 2.04. The van der Waals surface area contributed by atoms with Gasteiger partial charge in [-0.1, -0.05) is 18.2 Å². The maximum atomic E-state index is 13.9. The van der Waals surface area contributed by atoms with Gasteiger partial charge in [-0.25, -0.2) is 9.37 Å². The molecule has 0 fully saturated rings. The summed E-state index contributed by atoms with van der Waals surface area (Å²) in [7, 11) is 0. The third kappa shape index (κ3) is 3.04. The number of ether oxygens (including phenoxy) is 1. The van der Waals surface area contributed by atoms with E-state index in [1.54, 1.807) is 23.5 Å². The lowest BCUT2D eigenvalue weighted by Gasteiger charge is -2.09. The summed E-state index contributed by atoms with van der Waals surface area (Å²) in [6, 6.07) is 12.5. The van der Waals surface area contributed by atoms with Crippen molar-refractivity contribution in [2.75, 3.05) is 0 Å². The summed E-state index contributed by atoms with van der Waals surface area (Å²) in [5.74, 6) is -0.176. The number of thiazole rings is 1. The molecule has 0 saturated carbocycles. The second-order valence-corrected chi connectivity index (χ2v) is 5.96. The number of benzene rings is 2. The maximum Gasteiger partial charge on any atom is 0.165 e. The van der Waals surface area contributed by atoms with E-state index < -0.39 is 5.82 Å². The van der Waals surface area contributed by atoms with Crippen LogP contribution >= 0.6 is 11.3 Å². The first kappa shape index (κ1) is 14.0. The highest BCUT2D eigenvalue weighted by Gasteiger charge is 2.09. The molecule has 3 rings (SSSR count). The first-order valence-corrected chi connectivity index (χ1v) is 7.47. The van der Waals surface area contributed by atoms with Crippen LogP contribution in [-0.4, -0.2) is 4.98 Å². The smallest absolute Gasteiger partial charge is 0.165 e. The Balaban J connectivity index is 1.75. The van der Waals surface area contributed by atoms with Crippen LogP contribution in [0, 0.1) is 5.82 Å². The monoisotopic (exact) mass is 302 g/mol. The molecule has 0 amide bonds. The molecule has 3 nitrogen and oxygen atoms in total. The number of hydrogen-bond acceptors (Lipinski definition) is 4. The number of rotatable bonds is 4. The minimum absolute atomic E-state index is 0.196. The van der Waals surface area contributed by atoms with Crippen molar-refractivity contribution in [1.82, 2.24) is 4.98 Å². The zero-order valence-corrected chi connectivity index (χ0v) is 12.4. The van der Waals surface area contributed by atoms with Crippen molar-refractivity contribution in [3.63, 3.8) is 0 Å². The second kappa shape index (κ2) is 5.79. The Hall–Kier alpha value is -1.98. The summed E-state index contributed by atoms with van der Waals surface area (Å²) >= 11 is 1.55. The van der Waals surface area contributed by atoms with Gasteiger partial charge >= 0.3 is 0 Å². The van der Waals surface area contributed by atoms with Gasteiger partial charge in [0.25, 0.3) is 0 Å². The predicted octanol–water partition coefficient (Wildman–Crippen LogP) is 4.03. The van der Waals surface area contributed by atoms with Crippen molar-refractivity contribution in [1.29, 1.82) is 0 Å². The Morgan fingerprint density at radius 2 is 2.10 bits per heavy atom. The minimum Gasteiger partial charge on any atom is -0.483 e. The average molecular weight is 302 g/mol. The van der Waals surface area contributed by atoms with Crippen LogP contribution in [0.3, 0.4) is 0 Å². The SMILES string of the molecule is C[C@H](N)c1ccc(OCc2nc3ccccc3s2)c(F)c1. The minimum atomic E-state index is -0.397. The van der Waals surface area contributed by atoms with Crippen LogP contribution in [0.25, 0.3) is 10.2 Å². The van der Waals surface area contributed by atoms with Gasteiger partial charge in [0.05, 0.1) is 10.2 Å². The van der Waals surface area contributed by atoms with E-state index in [9.17, 15) is 4.39 Å². The van der Waals surface area contributed by atoms with Crippen LogP contribution in [0.4, 0.5) is 4.39 Å². The van der Waals surface area contributed by atoms with Gasteiger partial charge in [0.15, 0.2) is 11.6 Å². The van der Waals surface area contributed by atoms with Crippen LogP contribution in [0.5, 0.6) is 5.75 Å². The third-order valence-corrected chi connectivity index (χ3v) is 4.18. The quantitative estimate of drug-likeness (QED) is 0.791. The molecule has 0 aliphatic heterocycles. The molecule has 2 aromatic carbocycles. The topological polar surface area (TPSA) is 48.1 Å². The Morgan fingerprint density at radius 3 is 2.81 bits per heavy atom. The summed E-state index contributed by atoms with van der Waals surface area (Å²) in [5, 5.41) is 0.826. The Labute approximate surface area is 126 Å². The summed E-state index contributed by atoms with van der Waals surface area (Å²) in [5.41, 5.74) is 7.41. The van der Waals surface area contributed by atoms with Crippen molar-refractivity contribution in [3.8, 4) is 5.75 Å². The molecule has 21 heavy (non-hydrogen) atoms. The molecule has 0 aliphatic carbocycles. The van der Waals surface area contributed by atoms with Gasteiger partial charge in [-0.05, 0) is 36.8 Å². The maximum absolute atomic E-state index is 13.9. The van der Waals surface area contributed by atoms with Crippen molar-refractivity contribution < 1.29 is 9.13 Å². The van der Waals surface area contributed by atoms with E-state index in [-0.39, 0.29) is 18.4 Å². The molecule has 0 radical (unpaired) electrons. The molecule has 0 spiro atoms. The zero-order chi connectivity index (χ0) is 14.8. The predicted molar refractivity (Wildman–Crippen MR) is 83.0 cm³/mol. The third-order valence-electron chi connectivity index (χ3n) is 3.17. The van der Waals surface area contributed by atoms with Gasteiger partial charge in [-0.2, -0.15) is 0 Å². The number of para-hydroxylation sites is 1. The van der Waals surface area contributed by atoms with Crippen molar-refractivity contribution in [3.05, 3.63) is 58.9 Å². The molecule has 0 aliphatic rings. The Morgan fingerprint density at radius 1 is 1.29 bits per heavy atom. The summed E-state index contributed by atoms with van der Waals surface area (Å²) in [6.45, 7) is 2.07. The first-order chi connectivity index (χ1) is 10.1. The number of fused-ring (bicyclic) bond motifs is 1. The van der Waals surface area contributed by atoms with E-state index in [4.69, 9.17) is 10.5 Å². The van der Waals surface area contributed by atoms with E-state index in [1.807, 2.05) is 31.2 Å². The van der Waals surface area contributed by atoms with Crippen molar-refractivity contribution in [2.45, 2.75) is 19.6 Å². The fraction of sp³-hybridized carbons (Fsp3) is 0.188. The molecular weight excluding hydrogens is 287 g/mol. The van der Waals surface area contributed by atoms with E-state index in [1.165, 1.54) is 6.07 Å². The second-order valence-electron chi connectivity index (χ2n) is 4.84. The van der Waals surface area contributed by atoms with Gasteiger partial charge in [0.1, 0.15) is 11.6 Å². The Bertz CT molecular complexity index is 737. The van der Waals surface area contributed by atoms with Gasteiger partial charge < -0.3 is 10.5 Å². The first-order valence-electron chi connectivity index (χ1n) is 6.66. The standard InChI is InChI=1S/C16H15FN2OS/c1-10(18)11-6-7-14(12(17)8-11)20-9-16-19-13-4-2-3-5-15(13)21-16/h2-8,10H,9,18H2,1H3/t10-/m0/s1. The van der Waals surface area contributed by atoms with Crippen LogP contribution < -0.4 is 10.5 Å². The Kier molecular flexibility index (Phi) is 3.86. The summed E-state index contributed by atoms with van der Waals surface area (Å²) in [4.78, 5) is 4.45. The van der Waals surface area contributed by atoms with Gasteiger partial charge in [-0.3, -0.25) is 0 Å². The molecule has 1 atom stereocenters. The van der Waals surface area contributed by atoms with E-state index in [2.05, 4.69) is 4.98 Å². The molecule has 0 saturated heterocycles. The summed E-state index contributed by atoms with van der Waals surface area (Å²) in [6.07, 6.45) is 0. The zero-order valence-electron chi connectivity index (χ0n) is 11.5. The highest BCUT2D eigenvalue weighted by atomic mass is 32.1. The largest absolute Gasteiger partial charge is 0.483 e. The van der Waals surface area contributed by atoms with E-state index in [0.29, 0.717) is 0 Å². The van der Waals surface area contributed by atoms with Gasteiger partial charge in [-0.15, -0.1) is 11.3 Å². The molecule has 108 valence electrons. The fourth-order valence-corrected chi connectivity index (χ4v) is 2.92. The van der Waals surface area contributed by atoms with Crippen LogP contribution in [0.2, 0.25) is 0 Å². The number of halogens is 1. The number of hydrogen-bond donors (Lipinski definition) is 1. The number of nitrogens with zero attached hydrogens (tertiary/aromatic N) is 1. The van der Waals surface area contributed by atoms with Crippen molar-refractivity contribution >= 4 is 21.6 Å². The molecule has 0 unspecified atom stereocenters. The van der Waals surface area contributed by atoms with Gasteiger partial charge in [0, 0.05) is 6.04 Å². The molecule has 1 aromatic heterocycles. The lowest BCUT2D eigenvalue weighted by atomic mass is 10.1. The van der Waals surface area contributed by atoms with E-state index >= 15 is 0 Å². The highest BCUT2D eigenvalue weighted by Crippen LogP contribution is 2.25. The highest BCUT2D eigenvalue weighted by molar-refractivity contribution is 7.18.